The van der Waals surface area contributed by atoms with Gasteiger partial charge in [-0.2, -0.15) is 0 Å². The molecule has 0 bridgehead atoms. The Morgan fingerprint density at radius 1 is 1.17 bits per heavy atom. The van der Waals surface area contributed by atoms with Crippen molar-refractivity contribution in [2.24, 2.45) is 0 Å². The summed E-state index contributed by atoms with van der Waals surface area (Å²) in [5.74, 6) is 0.287. The number of benzene rings is 1. The van der Waals surface area contributed by atoms with Gasteiger partial charge >= 0.3 is 0 Å². The van der Waals surface area contributed by atoms with Crippen LogP contribution >= 0.6 is 0 Å². The van der Waals surface area contributed by atoms with E-state index in [1.807, 2.05) is 31.2 Å². The molecule has 0 radical (unpaired) electrons. The Kier molecular flexibility index (Phi) is 5.54. The highest BCUT2D eigenvalue weighted by Crippen LogP contribution is 2.13. The van der Waals surface area contributed by atoms with Crippen molar-refractivity contribution in [1.29, 1.82) is 0 Å². The number of rotatable bonds is 7. The highest BCUT2D eigenvalue weighted by Gasteiger charge is 2.12. The van der Waals surface area contributed by atoms with E-state index in [0.717, 1.165) is 17.5 Å². The first-order valence-electron chi connectivity index (χ1n) is 6.31. The molecule has 18 heavy (non-hydrogen) atoms. The number of Topliss-reactive ketones (excluding diaryl/α,β-unsaturated/α-hetero) is 1. The van der Waals surface area contributed by atoms with Crippen LogP contribution in [0.4, 0.5) is 0 Å². The molecule has 1 aromatic carbocycles. The van der Waals surface area contributed by atoms with Crippen LogP contribution in [0.15, 0.2) is 24.3 Å². The average molecular weight is 268 g/mol. The second-order valence-corrected chi connectivity index (χ2v) is 6.75. The second kappa shape index (κ2) is 6.69. The van der Waals surface area contributed by atoms with Crippen molar-refractivity contribution in [3.8, 4) is 0 Å². The maximum atomic E-state index is 12.0. The van der Waals surface area contributed by atoms with E-state index in [0.29, 0.717) is 12.8 Å². The summed E-state index contributed by atoms with van der Waals surface area (Å²) in [6.07, 6.45) is 1.53. The lowest BCUT2D eigenvalue weighted by Crippen LogP contribution is -2.11. The lowest BCUT2D eigenvalue weighted by molar-refractivity contribution is 0.0981. The summed E-state index contributed by atoms with van der Waals surface area (Å²) in [7, 11) is -2.97. The molecule has 0 unspecified atom stereocenters. The van der Waals surface area contributed by atoms with Gasteiger partial charge in [0.2, 0.25) is 0 Å². The van der Waals surface area contributed by atoms with Gasteiger partial charge in [-0.1, -0.05) is 38.1 Å². The predicted molar refractivity (Wildman–Crippen MR) is 73.7 cm³/mol. The summed E-state index contributed by atoms with van der Waals surface area (Å²) in [6.45, 7) is 3.64. The van der Waals surface area contributed by atoms with E-state index in [2.05, 4.69) is 0 Å². The molecule has 0 N–H and O–H groups in total. The SMILES string of the molecule is CCc1ccccc1C(=O)CCCS(=O)(=O)CC. The summed E-state index contributed by atoms with van der Waals surface area (Å²) in [4.78, 5) is 12.0. The normalized spacial score (nSPS) is 11.4. The molecule has 0 saturated carbocycles. The van der Waals surface area contributed by atoms with Crippen molar-refractivity contribution in [3.63, 3.8) is 0 Å². The van der Waals surface area contributed by atoms with Crippen LogP contribution in [0.3, 0.4) is 0 Å². The Morgan fingerprint density at radius 2 is 1.83 bits per heavy atom. The third-order valence-electron chi connectivity index (χ3n) is 3.00. The smallest absolute Gasteiger partial charge is 0.163 e. The summed E-state index contributed by atoms with van der Waals surface area (Å²) in [6, 6.07) is 7.51. The van der Waals surface area contributed by atoms with Gasteiger partial charge in [0, 0.05) is 17.7 Å². The number of hydrogen-bond donors (Lipinski definition) is 0. The molecule has 3 nitrogen and oxygen atoms in total. The minimum absolute atomic E-state index is 0.0405. The van der Waals surface area contributed by atoms with E-state index in [-0.39, 0.29) is 17.3 Å². The Hall–Kier alpha value is -1.16. The minimum atomic E-state index is -2.97. The number of sulfone groups is 1. The van der Waals surface area contributed by atoms with Crippen molar-refractivity contribution in [3.05, 3.63) is 35.4 Å². The highest BCUT2D eigenvalue weighted by atomic mass is 32.2. The van der Waals surface area contributed by atoms with Gasteiger partial charge in [-0.3, -0.25) is 4.79 Å². The van der Waals surface area contributed by atoms with E-state index in [9.17, 15) is 13.2 Å². The molecule has 0 aromatic heterocycles. The number of carbonyl (C=O) groups excluding carboxylic acids is 1. The third-order valence-corrected chi connectivity index (χ3v) is 4.79. The van der Waals surface area contributed by atoms with Gasteiger partial charge in [0.05, 0.1) is 5.75 Å². The zero-order valence-electron chi connectivity index (χ0n) is 11.0. The third kappa shape index (κ3) is 4.26. The minimum Gasteiger partial charge on any atom is -0.294 e. The monoisotopic (exact) mass is 268 g/mol. The van der Waals surface area contributed by atoms with Gasteiger partial charge in [0.15, 0.2) is 5.78 Å². The van der Waals surface area contributed by atoms with E-state index >= 15 is 0 Å². The molecular weight excluding hydrogens is 248 g/mol. The summed E-state index contributed by atoms with van der Waals surface area (Å²) in [5.41, 5.74) is 1.76. The van der Waals surface area contributed by atoms with Crippen molar-refractivity contribution in [2.75, 3.05) is 11.5 Å². The molecule has 0 fully saturated rings. The molecule has 4 heteroatoms. The second-order valence-electron chi connectivity index (χ2n) is 4.27. The van der Waals surface area contributed by atoms with E-state index in [1.165, 1.54) is 0 Å². The van der Waals surface area contributed by atoms with E-state index in [4.69, 9.17) is 0 Å². The molecule has 0 atom stereocenters. The van der Waals surface area contributed by atoms with Gasteiger partial charge in [0.1, 0.15) is 9.84 Å². The van der Waals surface area contributed by atoms with Crippen LogP contribution in [-0.2, 0) is 16.3 Å². The van der Waals surface area contributed by atoms with Gasteiger partial charge < -0.3 is 0 Å². The first-order valence-corrected chi connectivity index (χ1v) is 8.13. The molecule has 0 aliphatic heterocycles. The molecule has 1 rings (SSSR count). The largest absolute Gasteiger partial charge is 0.294 e. The van der Waals surface area contributed by atoms with Crippen LogP contribution in [0.5, 0.6) is 0 Å². The standard InChI is InChI=1S/C14H20O3S/c1-3-12-8-5-6-9-13(12)14(15)10-7-11-18(16,17)4-2/h5-6,8-9H,3-4,7,10-11H2,1-2H3. The summed E-state index contributed by atoms with van der Waals surface area (Å²) < 4.78 is 22.7. The number of carbonyl (C=O) groups is 1. The molecule has 0 saturated heterocycles. The van der Waals surface area contributed by atoms with Gasteiger partial charge in [-0.15, -0.1) is 0 Å². The van der Waals surface area contributed by atoms with E-state index < -0.39 is 9.84 Å². The Labute approximate surface area is 109 Å². The Bertz CT molecular complexity index is 504. The van der Waals surface area contributed by atoms with Crippen LogP contribution in [0.1, 0.15) is 42.6 Å². The Balaban J connectivity index is 2.61. The fourth-order valence-electron chi connectivity index (χ4n) is 1.83. The topological polar surface area (TPSA) is 51.2 Å². The van der Waals surface area contributed by atoms with Crippen molar-refractivity contribution in [1.82, 2.24) is 0 Å². The van der Waals surface area contributed by atoms with Crippen LogP contribution in [0.2, 0.25) is 0 Å². The molecule has 0 aliphatic rings. The lowest BCUT2D eigenvalue weighted by Gasteiger charge is -2.06. The number of hydrogen-bond acceptors (Lipinski definition) is 3. The first kappa shape index (κ1) is 14.9. The quantitative estimate of drug-likeness (QED) is 0.714. The zero-order valence-corrected chi connectivity index (χ0v) is 11.8. The van der Waals surface area contributed by atoms with Crippen molar-refractivity contribution < 1.29 is 13.2 Å². The summed E-state index contributed by atoms with van der Waals surface area (Å²) >= 11 is 0. The molecule has 0 amide bonds. The molecule has 0 spiro atoms. The van der Waals surface area contributed by atoms with Crippen molar-refractivity contribution >= 4 is 15.6 Å². The fraction of sp³-hybridized carbons (Fsp3) is 0.500. The average Bonchev–Trinajstić information content (AvgIpc) is 2.38. The lowest BCUT2D eigenvalue weighted by atomic mass is 9.99. The van der Waals surface area contributed by atoms with E-state index in [1.54, 1.807) is 6.92 Å². The maximum Gasteiger partial charge on any atom is 0.163 e. The maximum absolute atomic E-state index is 12.0. The van der Waals surface area contributed by atoms with Crippen LogP contribution in [0, 0.1) is 0 Å². The number of ketones is 1. The van der Waals surface area contributed by atoms with Crippen LogP contribution < -0.4 is 0 Å². The van der Waals surface area contributed by atoms with Crippen LogP contribution in [-0.4, -0.2) is 25.7 Å². The molecule has 1 aromatic rings. The number of aryl methyl sites for hydroxylation is 1. The molecule has 0 aliphatic carbocycles. The fourth-order valence-corrected chi connectivity index (χ4v) is 2.71. The van der Waals surface area contributed by atoms with Gasteiger partial charge in [-0.05, 0) is 18.4 Å². The first-order chi connectivity index (χ1) is 8.50. The summed E-state index contributed by atoms with van der Waals surface area (Å²) in [5, 5.41) is 0. The van der Waals surface area contributed by atoms with Gasteiger partial charge in [-0.25, -0.2) is 8.42 Å². The van der Waals surface area contributed by atoms with Gasteiger partial charge in [0.25, 0.3) is 0 Å². The zero-order chi connectivity index (χ0) is 13.6. The van der Waals surface area contributed by atoms with Crippen molar-refractivity contribution in [2.45, 2.75) is 33.1 Å². The highest BCUT2D eigenvalue weighted by molar-refractivity contribution is 7.91. The molecule has 0 heterocycles. The molecular formula is C14H20O3S. The van der Waals surface area contributed by atoms with Crippen LogP contribution in [0.25, 0.3) is 0 Å². The Morgan fingerprint density at radius 3 is 2.44 bits per heavy atom. The molecule has 100 valence electrons. The predicted octanol–water partition coefficient (Wildman–Crippen LogP) is 2.65.